The second-order valence-electron chi connectivity index (χ2n) is 4.69. The molecule has 0 fully saturated rings. The Bertz CT molecular complexity index is 533. The zero-order valence-electron chi connectivity index (χ0n) is 11.2. The Morgan fingerprint density at radius 3 is 2.60 bits per heavy atom. The fourth-order valence-corrected chi connectivity index (χ4v) is 1.91. The second kappa shape index (κ2) is 6.47. The fourth-order valence-electron chi connectivity index (χ4n) is 1.91. The maximum atomic E-state index is 13.8. The lowest BCUT2D eigenvalue weighted by Gasteiger charge is -2.11. The maximum Gasteiger partial charge on any atom is 0.190 e. The van der Waals surface area contributed by atoms with Gasteiger partial charge < -0.3 is 10.5 Å². The number of benzene rings is 1. The van der Waals surface area contributed by atoms with Gasteiger partial charge in [0.05, 0.1) is 6.54 Å². The van der Waals surface area contributed by atoms with Crippen molar-refractivity contribution in [3.63, 3.8) is 0 Å². The van der Waals surface area contributed by atoms with Gasteiger partial charge in [0.25, 0.3) is 0 Å². The van der Waals surface area contributed by atoms with E-state index in [4.69, 9.17) is 10.5 Å². The predicted octanol–water partition coefficient (Wildman–Crippen LogP) is 2.13. The monoisotopic (exact) mass is 281 g/mol. The smallest absolute Gasteiger partial charge is 0.190 e. The van der Waals surface area contributed by atoms with Crippen LogP contribution in [0.3, 0.4) is 0 Å². The Morgan fingerprint density at radius 1 is 1.35 bits per heavy atom. The average Bonchev–Trinajstić information content (AvgIpc) is 2.84. The first-order chi connectivity index (χ1) is 9.56. The number of nitrogens with zero attached hydrogens (tertiary/aromatic N) is 2. The average molecular weight is 281 g/mol. The van der Waals surface area contributed by atoms with Crippen LogP contribution in [-0.2, 0) is 13.0 Å². The van der Waals surface area contributed by atoms with Crippen LogP contribution in [0.2, 0.25) is 0 Å². The number of hydrogen-bond acceptors (Lipinski definition) is 3. The van der Waals surface area contributed by atoms with Crippen LogP contribution in [0.15, 0.2) is 30.6 Å². The molecule has 1 heterocycles. The van der Waals surface area contributed by atoms with Gasteiger partial charge in [-0.1, -0.05) is 0 Å². The molecule has 1 unspecified atom stereocenters. The summed E-state index contributed by atoms with van der Waals surface area (Å²) in [5.41, 5.74) is 6.13. The van der Waals surface area contributed by atoms with Gasteiger partial charge in [-0.15, -0.1) is 0 Å². The molecule has 20 heavy (non-hydrogen) atoms. The minimum absolute atomic E-state index is 0.141. The highest BCUT2D eigenvalue weighted by Crippen LogP contribution is 2.23. The molecule has 0 aliphatic carbocycles. The van der Waals surface area contributed by atoms with Crippen LogP contribution in [0.5, 0.6) is 5.75 Å². The summed E-state index contributed by atoms with van der Waals surface area (Å²) in [6.45, 7) is 2.35. The summed E-state index contributed by atoms with van der Waals surface area (Å²) in [6, 6.07) is 4.13. The SMILES string of the molecule is CC(N)Cc1cc(F)c(OCCn2cccn2)c(F)c1. The number of aromatic nitrogens is 2. The van der Waals surface area contributed by atoms with Crippen LogP contribution in [0.25, 0.3) is 0 Å². The maximum absolute atomic E-state index is 13.8. The van der Waals surface area contributed by atoms with E-state index >= 15 is 0 Å². The summed E-state index contributed by atoms with van der Waals surface area (Å²) in [5, 5.41) is 3.97. The Balaban J connectivity index is 2.00. The Labute approximate surface area is 116 Å². The van der Waals surface area contributed by atoms with Crippen molar-refractivity contribution in [1.82, 2.24) is 9.78 Å². The number of nitrogens with two attached hydrogens (primary N) is 1. The van der Waals surface area contributed by atoms with E-state index in [1.807, 2.05) is 0 Å². The van der Waals surface area contributed by atoms with E-state index in [0.29, 0.717) is 18.5 Å². The standard InChI is InChI=1S/C14H17F2N3O/c1-10(17)7-11-8-12(15)14(13(16)9-11)20-6-5-19-4-2-3-18-19/h2-4,8-10H,5-7,17H2,1H3. The number of halogens is 2. The number of ether oxygens (including phenoxy) is 1. The Hall–Kier alpha value is -1.95. The van der Waals surface area contributed by atoms with Crippen LogP contribution in [0.4, 0.5) is 8.78 Å². The molecule has 0 spiro atoms. The van der Waals surface area contributed by atoms with Crippen molar-refractivity contribution in [3.05, 3.63) is 47.8 Å². The van der Waals surface area contributed by atoms with Crippen molar-refractivity contribution >= 4 is 0 Å². The molecule has 1 aromatic heterocycles. The molecular weight excluding hydrogens is 264 g/mol. The second-order valence-corrected chi connectivity index (χ2v) is 4.69. The van der Waals surface area contributed by atoms with Crippen molar-refractivity contribution in [2.45, 2.75) is 25.9 Å². The van der Waals surface area contributed by atoms with E-state index in [2.05, 4.69) is 5.10 Å². The summed E-state index contributed by atoms with van der Waals surface area (Å²) in [4.78, 5) is 0. The fraction of sp³-hybridized carbons (Fsp3) is 0.357. The largest absolute Gasteiger partial charge is 0.486 e. The molecule has 0 bridgehead atoms. The quantitative estimate of drug-likeness (QED) is 0.882. The van der Waals surface area contributed by atoms with Crippen molar-refractivity contribution in [2.75, 3.05) is 6.61 Å². The first kappa shape index (κ1) is 14.5. The third kappa shape index (κ3) is 3.77. The summed E-state index contributed by atoms with van der Waals surface area (Å²) in [7, 11) is 0. The Morgan fingerprint density at radius 2 is 2.05 bits per heavy atom. The summed E-state index contributed by atoms with van der Waals surface area (Å²) < 4.78 is 34.4. The van der Waals surface area contributed by atoms with Gasteiger partial charge in [0, 0.05) is 18.4 Å². The van der Waals surface area contributed by atoms with Crippen LogP contribution in [-0.4, -0.2) is 22.4 Å². The van der Waals surface area contributed by atoms with Crippen molar-refractivity contribution < 1.29 is 13.5 Å². The molecule has 0 aliphatic heterocycles. The number of hydrogen-bond donors (Lipinski definition) is 1. The van der Waals surface area contributed by atoms with Gasteiger partial charge in [-0.25, -0.2) is 8.78 Å². The minimum atomic E-state index is -0.707. The molecule has 1 atom stereocenters. The van der Waals surface area contributed by atoms with Gasteiger partial charge in [-0.05, 0) is 37.1 Å². The third-order valence-corrected chi connectivity index (χ3v) is 2.74. The zero-order valence-corrected chi connectivity index (χ0v) is 11.2. The number of rotatable bonds is 6. The van der Waals surface area contributed by atoms with Crippen molar-refractivity contribution in [1.29, 1.82) is 0 Å². The molecule has 0 saturated heterocycles. The van der Waals surface area contributed by atoms with E-state index < -0.39 is 11.6 Å². The van der Waals surface area contributed by atoms with Gasteiger partial charge in [-0.2, -0.15) is 5.10 Å². The van der Waals surface area contributed by atoms with E-state index in [-0.39, 0.29) is 18.4 Å². The first-order valence-corrected chi connectivity index (χ1v) is 6.40. The summed E-state index contributed by atoms with van der Waals surface area (Å²) in [6.07, 6.45) is 3.80. The highest BCUT2D eigenvalue weighted by molar-refractivity contribution is 5.31. The first-order valence-electron chi connectivity index (χ1n) is 6.40. The van der Waals surface area contributed by atoms with Crippen LogP contribution in [0, 0.1) is 11.6 Å². The summed E-state index contributed by atoms with van der Waals surface area (Å²) in [5.74, 6) is -1.77. The zero-order chi connectivity index (χ0) is 14.5. The van der Waals surface area contributed by atoms with Crippen LogP contribution >= 0.6 is 0 Å². The van der Waals surface area contributed by atoms with Crippen molar-refractivity contribution in [3.8, 4) is 5.75 Å². The highest BCUT2D eigenvalue weighted by Gasteiger charge is 2.13. The van der Waals surface area contributed by atoms with Gasteiger partial charge in [0.2, 0.25) is 0 Å². The molecule has 6 heteroatoms. The molecule has 2 rings (SSSR count). The molecule has 1 aromatic carbocycles. The van der Waals surface area contributed by atoms with Gasteiger partial charge in [0.15, 0.2) is 17.4 Å². The van der Waals surface area contributed by atoms with E-state index in [1.54, 1.807) is 30.1 Å². The summed E-state index contributed by atoms with van der Waals surface area (Å²) >= 11 is 0. The predicted molar refractivity (Wildman–Crippen MR) is 71.4 cm³/mol. The van der Waals surface area contributed by atoms with Gasteiger partial charge >= 0.3 is 0 Å². The third-order valence-electron chi connectivity index (χ3n) is 2.74. The van der Waals surface area contributed by atoms with Gasteiger partial charge in [0.1, 0.15) is 6.61 Å². The van der Waals surface area contributed by atoms with Crippen LogP contribution < -0.4 is 10.5 Å². The normalized spacial score (nSPS) is 12.4. The van der Waals surface area contributed by atoms with Crippen LogP contribution in [0.1, 0.15) is 12.5 Å². The topological polar surface area (TPSA) is 53.1 Å². The van der Waals surface area contributed by atoms with Gasteiger partial charge in [-0.3, -0.25) is 4.68 Å². The molecule has 2 aromatic rings. The minimum Gasteiger partial charge on any atom is -0.486 e. The lowest BCUT2D eigenvalue weighted by molar-refractivity contribution is 0.264. The van der Waals surface area contributed by atoms with Crippen molar-refractivity contribution in [2.24, 2.45) is 5.73 Å². The molecule has 0 aliphatic rings. The lowest BCUT2D eigenvalue weighted by atomic mass is 10.1. The molecule has 4 nitrogen and oxygen atoms in total. The highest BCUT2D eigenvalue weighted by atomic mass is 19.1. The molecule has 108 valence electrons. The molecular formula is C14H17F2N3O. The molecule has 0 saturated carbocycles. The van der Waals surface area contributed by atoms with E-state index in [0.717, 1.165) is 0 Å². The Kier molecular flexibility index (Phi) is 4.68. The van der Waals surface area contributed by atoms with E-state index in [9.17, 15) is 8.78 Å². The van der Waals surface area contributed by atoms with E-state index in [1.165, 1.54) is 12.1 Å². The lowest BCUT2D eigenvalue weighted by Crippen LogP contribution is -2.18. The molecule has 2 N–H and O–H groups in total. The molecule has 0 radical (unpaired) electrons. The molecule has 0 amide bonds.